The van der Waals surface area contributed by atoms with E-state index in [1.165, 1.54) is 315 Å². The third-order valence-corrected chi connectivity index (χ3v) is 17.6. The molecule has 1 rings (SSSR count). The summed E-state index contributed by atoms with van der Waals surface area (Å²) in [5.41, 5.74) is 0. The van der Waals surface area contributed by atoms with Gasteiger partial charge in [0.2, 0.25) is 5.91 Å². The summed E-state index contributed by atoms with van der Waals surface area (Å²) >= 11 is 0. The molecule has 6 N–H and O–H groups in total. The lowest BCUT2D eigenvalue weighted by Crippen LogP contribution is -2.60. The molecule has 1 heterocycles. The van der Waals surface area contributed by atoms with Crippen LogP contribution in [0.2, 0.25) is 0 Å². The molecule has 0 aromatic heterocycles. The minimum Gasteiger partial charge on any atom is -0.394 e. The predicted molar refractivity (Wildman–Crippen MR) is 341 cm³/mol. The summed E-state index contributed by atoms with van der Waals surface area (Å²) in [6, 6.07) is -0.717. The Hall–Kier alpha value is -1.07. The van der Waals surface area contributed by atoms with Crippen molar-refractivity contribution in [2.24, 2.45) is 0 Å². The van der Waals surface area contributed by atoms with E-state index in [0.717, 1.165) is 38.5 Å². The number of aliphatic hydroxyl groups excluding tert-OH is 5. The number of allylic oxidation sites excluding steroid dienone is 2. The summed E-state index contributed by atoms with van der Waals surface area (Å²) < 4.78 is 11.4. The summed E-state index contributed by atoms with van der Waals surface area (Å²) in [5.74, 6) is -0.135. The molecule has 0 aromatic rings. The minimum atomic E-state index is -1.55. The standard InChI is InChI=1S/C71H139NO8/c1-3-5-7-9-11-13-15-17-19-21-23-25-27-28-29-30-31-32-33-34-35-36-37-38-39-41-43-45-47-49-51-53-55-57-59-61-67(75)72-64(63-79-71-70(78)69(77)68(76)66(62-73)80-71)65(74)60-58-56-54-52-50-48-46-44-42-40-26-24-22-20-18-16-14-12-10-8-6-4-2/h30-31,64-66,68-71,73-74,76-78H,3-29,32-63H2,1-2H3,(H,72,75)/b31-30-. The van der Waals surface area contributed by atoms with Gasteiger partial charge in [0.1, 0.15) is 24.4 Å². The maximum absolute atomic E-state index is 13.1. The topological polar surface area (TPSA) is 149 Å². The van der Waals surface area contributed by atoms with Crippen LogP contribution in [-0.4, -0.2) is 87.5 Å². The highest BCUT2D eigenvalue weighted by Gasteiger charge is 2.44. The van der Waals surface area contributed by atoms with E-state index in [9.17, 15) is 30.3 Å². The summed E-state index contributed by atoms with van der Waals surface area (Å²) in [4.78, 5) is 13.1. The highest BCUT2D eigenvalue weighted by atomic mass is 16.7. The van der Waals surface area contributed by atoms with Gasteiger partial charge in [0.15, 0.2) is 6.29 Å². The zero-order valence-electron chi connectivity index (χ0n) is 53.4. The van der Waals surface area contributed by atoms with Crippen molar-refractivity contribution < 1.29 is 39.8 Å². The number of hydrogen-bond donors (Lipinski definition) is 6. The Kier molecular flexibility index (Phi) is 58.7. The molecule has 9 nitrogen and oxygen atoms in total. The Labute approximate surface area is 496 Å². The van der Waals surface area contributed by atoms with Gasteiger partial charge >= 0.3 is 0 Å². The Morgan fingerprint density at radius 3 is 1.01 bits per heavy atom. The molecular weight excluding hydrogens is 995 g/mol. The Morgan fingerprint density at radius 1 is 0.412 bits per heavy atom. The lowest BCUT2D eigenvalue weighted by molar-refractivity contribution is -0.302. The number of rotatable bonds is 64. The van der Waals surface area contributed by atoms with E-state index in [0.29, 0.717) is 12.8 Å². The number of carbonyl (C=O) groups is 1. The van der Waals surface area contributed by atoms with Gasteiger partial charge in [0, 0.05) is 6.42 Å². The van der Waals surface area contributed by atoms with Crippen LogP contribution in [0.15, 0.2) is 12.2 Å². The van der Waals surface area contributed by atoms with Crippen LogP contribution in [0, 0.1) is 0 Å². The van der Waals surface area contributed by atoms with Crippen molar-refractivity contribution in [1.29, 1.82) is 0 Å². The predicted octanol–water partition coefficient (Wildman–Crippen LogP) is 19.5. The first-order valence-corrected chi connectivity index (χ1v) is 35.9. The number of hydrogen-bond acceptors (Lipinski definition) is 8. The van der Waals surface area contributed by atoms with Crippen LogP contribution in [0.1, 0.15) is 380 Å². The van der Waals surface area contributed by atoms with Crippen molar-refractivity contribution in [2.45, 2.75) is 423 Å². The molecule has 7 atom stereocenters. The van der Waals surface area contributed by atoms with E-state index in [1.807, 2.05) is 0 Å². The third kappa shape index (κ3) is 49.2. The molecule has 80 heavy (non-hydrogen) atoms. The molecule has 0 radical (unpaired) electrons. The van der Waals surface area contributed by atoms with Crippen LogP contribution in [0.4, 0.5) is 0 Å². The van der Waals surface area contributed by atoms with Gasteiger partial charge in [0.25, 0.3) is 0 Å². The van der Waals surface area contributed by atoms with Crippen molar-refractivity contribution in [2.75, 3.05) is 13.2 Å². The van der Waals surface area contributed by atoms with Gasteiger partial charge < -0.3 is 40.3 Å². The highest BCUT2D eigenvalue weighted by molar-refractivity contribution is 5.76. The quantitative estimate of drug-likeness (QED) is 0.0261. The average Bonchev–Trinajstić information content (AvgIpc) is 3.46. The average molecular weight is 1130 g/mol. The monoisotopic (exact) mass is 1130 g/mol. The van der Waals surface area contributed by atoms with Crippen LogP contribution >= 0.6 is 0 Å². The normalized spacial score (nSPS) is 18.4. The molecule has 9 heteroatoms. The van der Waals surface area contributed by atoms with Crippen LogP contribution in [0.25, 0.3) is 0 Å². The summed E-state index contributed by atoms with van der Waals surface area (Å²) in [7, 11) is 0. The molecule has 0 aromatic carbocycles. The fourth-order valence-electron chi connectivity index (χ4n) is 12.0. The van der Waals surface area contributed by atoms with E-state index in [4.69, 9.17) is 9.47 Å². The van der Waals surface area contributed by atoms with Crippen LogP contribution in [0.3, 0.4) is 0 Å². The van der Waals surface area contributed by atoms with Gasteiger partial charge in [-0.1, -0.05) is 347 Å². The second kappa shape index (κ2) is 61.0. The molecule has 0 saturated carbocycles. The fourth-order valence-corrected chi connectivity index (χ4v) is 12.0. The number of carbonyl (C=O) groups excluding carboxylic acids is 1. The number of ether oxygens (including phenoxy) is 2. The molecule has 476 valence electrons. The smallest absolute Gasteiger partial charge is 0.220 e. The largest absolute Gasteiger partial charge is 0.394 e. The van der Waals surface area contributed by atoms with Crippen molar-refractivity contribution >= 4 is 5.91 Å². The number of unbranched alkanes of at least 4 members (excludes halogenated alkanes) is 52. The fraction of sp³-hybridized carbons (Fsp3) is 0.958. The highest BCUT2D eigenvalue weighted by Crippen LogP contribution is 2.24. The zero-order valence-corrected chi connectivity index (χ0v) is 53.4. The van der Waals surface area contributed by atoms with Crippen molar-refractivity contribution in [3.63, 3.8) is 0 Å². The molecule has 7 unspecified atom stereocenters. The summed E-state index contributed by atoms with van der Waals surface area (Å²) in [5, 5.41) is 54.9. The third-order valence-electron chi connectivity index (χ3n) is 17.6. The molecule has 0 bridgehead atoms. The van der Waals surface area contributed by atoms with E-state index in [2.05, 4.69) is 31.3 Å². The zero-order chi connectivity index (χ0) is 57.9. The number of aliphatic hydroxyl groups is 5. The maximum atomic E-state index is 13.1. The van der Waals surface area contributed by atoms with Crippen molar-refractivity contribution in [3.8, 4) is 0 Å². The Bertz CT molecular complexity index is 1270. The molecule has 1 aliphatic heterocycles. The van der Waals surface area contributed by atoms with Gasteiger partial charge in [-0.3, -0.25) is 4.79 Å². The molecule has 1 amide bonds. The van der Waals surface area contributed by atoms with Crippen LogP contribution < -0.4 is 5.32 Å². The first-order valence-electron chi connectivity index (χ1n) is 35.9. The molecule has 1 fully saturated rings. The lowest BCUT2D eigenvalue weighted by Gasteiger charge is -2.40. The van der Waals surface area contributed by atoms with Gasteiger partial charge in [-0.05, 0) is 38.5 Å². The van der Waals surface area contributed by atoms with E-state index in [-0.39, 0.29) is 12.5 Å². The van der Waals surface area contributed by atoms with Gasteiger partial charge in [-0.2, -0.15) is 0 Å². The van der Waals surface area contributed by atoms with E-state index >= 15 is 0 Å². The van der Waals surface area contributed by atoms with Gasteiger partial charge in [0.05, 0.1) is 25.4 Å². The van der Waals surface area contributed by atoms with Crippen molar-refractivity contribution in [3.05, 3.63) is 12.2 Å². The molecule has 1 saturated heterocycles. The SMILES string of the molecule is CCCCCCCCCCCCCCCC/C=C\CCCCCCCCCCCCCCCCCCCC(=O)NC(COC1OC(CO)C(O)C(O)C1O)C(O)CCCCCCCCCCCCCCCCCCCCCCCC. The Balaban J connectivity index is 2.07. The van der Waals surface area contributed by atoms with E-state index in [1.54, 1.807) is 0 Å². The molecule has 0 spiro atoms. The van der Waals surface area contributed by atoms with Crippen molar-refractivity contribution in [1.82, 2.24) is 5.32 Å². The first-order chi connectivity index (χ1) is 39.3. The lowest BCUT2D eigenvalue weighted by atomic mass is 9.99. The molecule has 0 aliphatic carbocycles. The maximum Gasteiger partial charge on any atom is 0.220 e. The van der Waals surface area contributed by atoms with E-state index < -0.39 is 49.5 Å². The van der Waals surface area contributed by atoms with Gasteiger partial charge in [-0.25, -0.2) is 0 Å². The van der Waals surface area contributed by atoms with Crippen LogP contribution in [-0.2, 0) is 14.3 Å². The van der Waals surface area contributed by atoms with Crippen LogP contribution in [0.5, 0.6) is 0 Å². The first kappa shape index (κ1) is 76.9. The minimum absolute atomic E-state index is 0.132. The number of amides is 1. The molecular formula is C71H139NO8. The number of nitrogens with one attached hydrogen (secondary N) is 1. The summed E-state index contributed by atoms with van der Waals surface area (Å²) in [6.45, 7) is 3.90. The van der Waals surface area contributed by atoms with Gasteiger partial charge in [-0.15, -0.1) is 0 Å². The molecule has 1 aliphatic rings. The second-order valence-electron chi connectivity index (χ2n) is 25.4. The Morgan fingerprint density at radius 2 is 0.700 bits per heavy atom. The summed E-state index contributed by atoms with van der Waals surface area (Å²) in [6.07, 6.45) is 71.5. The second-order valence-corrected chi connectivity index (χ2v) is 25.4.